The van der Waals surface area contributed by atoms with Crippen molar-refractivity contribution in [3.63, 3.8) is 0 Å². The Morgan fingerprint density at radius 3 is 2.41 bits per heavy atom. The van der Waals surface area contributed by atoms with Crippen molar-refractivity contribution >= 4 is 52.5 Å². The van der Waals surface area contributed by atoms with E-state index < -0.39 is 0 Å². The fraction of sp³-hybridized carbons (Fsp3) is 0.231. The highest BCUT2D eigenvalue weighted by molar-refractivity contribution is 6.36. The minimum absolute atomic E-state index is 0.199. The fourth-order valence-corrected chi connectivity index (χ4v) is 4.31. The van der Waals surface area contributed by atoms with Crippen molar-refractivity contribution in [2.45, 2.75) is 13.3 Å². The fourth-order valence-electron chi connectivity index (χ4n) is 3.81. The zero-order valence-corrected chi connectivity index (χ0v) is 20.3. The second kappa shape index (κ2) is 10.8. The van der Waals surface area contributed by atoms with Crippen LogP contribution in [0.15, 0.2) is 65.1 Å². The van der Waals surface area contributed by atoms with Crippen molar-refractivity contribution < 1.29 is 14.0 Å². The van der Waals surface area contributed by atoms with Crippen molar-refractivity contribution in [1.82, 2.24) is 4.90 Å². The first-order valence-corrected chi connectivity index (χ1v) is 11.9. The number of halogens is 2. The number of carbonyl (C=O) groups excluding carboxylic acids is 2. The summed E-state index contributed by atoms with van der Waals surface area (Å²) < 4.78 is 5.78. The van der Waals surface area contributed by atoms with Crippen LogP contribution in [0.1, 0.15) is 19.1 Å². The van der Waals surface area contributed by atoms with Gasteiger partial charge in [0.2, 0.25) is 11.8 Å². The van der Waals surface area contributed by atoms with Crippen LogP contribution in [-0.4, -0.2) is 42.9 Å². The third kappa shape index (κ3) is 5.82. The minimum Gasteiger partial charge on any atom is -0.457 e. The zero-order chi connectivity index (χ0) is 24.1. The molecule has 0 aliphatic carbocycles. The molecule has 3 aromatic rings. The summed E-state index contributed by atoms with van der Waals surface area (Å²) in [5.41, 5.74) is 2.50. The Morgan fingerprint density at radius 1 is 1.00 bits per heavy atom. The van der Waals surface area contributed by atoms with Crippen LogP contribution in [0.2, 0.25) is 10.0 Å². The maximum Gasteiger partial charge on any atom is 0.248 e. The second-order valence-electron chi connectivity index (χ2n) is 7.92. The van der Waals surface area contributed by atoms with Gasteiger partial charge >= 0.3 is 0 Å². The molecule has 6 nitrogen and oxygen atoms in total. The van der Waals surface area contributed by atoms with Gasteiger partial charge in [0, 0.05) is 60.6 Å². The number of rotatable bonds is 6. The number of carbonyl (C=O) groups is 2. The molecule has 1 N–H and O–H groups in total. The van der Waals surface area contributed by atoms with Crippen molar-refractivity contribution in [2.75, 3.05) is 36.4 Å². The number of hydrogen-bond acceptors (Lipinski definition) is 4. The van der Waals surface area contributed by atoms with Gasteiger partial charge < -0.3 is 19.5 Å². The number of furan rings is 1. The van der Waals surface area contributed by atoms with Crippen molar-refractivity contribution in [2.24, 2.45) is 0 Å². The van der Waals surface area contributed by atoms with E-state index in [1.54, 1.807) is 36.4 Å². The van der Waals surface area contributed by atoms with E-state index in [0.717, 1.165) is 37.4 Å². The standard InChI is InChI=1S/C26H25Cl2N3O3/c1-2-26(33)31-15-13-30(14-16-31)20-6-4-19(5-7-20)29-25(32)12-9-21-8-11-24(34-21)22-10-3-18(27)17-23(22)28/h3-12,17H,2,13-16H2,1H3,(H,29,32)/b12-9+. The summed E-state index contributed by atoms with van der Waals surface area (Å²) >= 11 is 12.2. The Morgan fingerprint density at radius 2 is 1.74 bits per heavy atom. The van der Waals surface area contributed by atoms with Gasteiger partial charge in [0.1, 0.15) is 11.5 Å². The lowest BCUT2D eigenvalue weighted by Crippen LogP contribution is -2.48. The first kappa shape index (κ1) is 23.9. The quantitative estimate of drug-likeness (QED) is 0.426. The molecule has 0 unspecified atom stereocenters. The first-order valence-electron chi connectivity index (χ1n) is 11.1. The van der Waals surface area contributed by atoms with Gasteiger partial charge in [-0.3, -0.25) is 9.59 Å². The monoisotopic (exact) mass is 497 g/mol. The van der Waals surface area contributed by atoms with Crippen LogP contribution in [0.3, 0.4) is 0 Å². The van der Waals surface area contributed by atoms with Crippen LogP contribution >= 0.6 is 23.2 Å². The van der Waals surface area contributed by atoms with Gasteiger partial charge in [-0.05, 0) is 60.7 Å². The molecule has 2 aromatic carbocycles. The smallest absolute Gasteiger partial charge is 0.248 e. The predicted molar refractivity (Wildman–Crippen MR) is 137 cm³/mol. The lowest BCUT2D eigenvalue weighted by atomic mass is 10.2. The van der Waals surface area contributed by atoms with E-state index in [9.17, 15) is 9.59 Å². The number of nitrogens with one attached hydrogen (secondary N) is 1. The minimum atomic E-state index is -0.262. The molecule has 4 rings (SSSR count). The summed E-state index contributed by atoms with van der Waals surface area (Å²) in [4.78, 5) is 28.3. The summed E-state index contributed by atoms with van der Waals surface area (Å²) in [7, 11) is 0. The molecule has 0 bridgehead atoms. The summed E-state index contributed by atoms with van der Waals surface area (Å²) in [6.45, 7) is 4.95. The summed E-state index contributed by atoms with van der Waals surface area (Å²) in [6.07, 6.45) is 3.57. The molecule has 0 radical (unpaired) electrons. The Balaban J connectivity index is 1.31. The molecule has 1 fully saturated rings. The number of amides is 2. The molecule has 1 aliphatic rings. The van der Waals surface area contributed by atoms with E-state index in [1.807, 2.05) is 36.1 Å². The van der Waals surface area contributed by atoms with Gasteiger partial charge in [0.25, 0.3) is 0 Å². The maximum absolute atomic E-state index is 12.3. The highest BCUT2D eigenvalue weighted by atomic mass is 35.5. The highest BCUT2D eigenvalue weighted by Gasteiger charge is 2.20. The van der Waals surface area contributed by atoms with Crippen LogP contribution < -0.4 is 10.2 Å². The van der Waals surface area contributed by atoms with E-state index in [1.165, 1.54) is 6.08 Å². The van der Waals surface area contributed by atoms with Crippen LogP contribution in [-0.2, 0) is 9.59 Å². The Hall–Kier alpha value is -3.22. The number of hydrogen-bond donors (Lipinski definition) is 1. The van der Waals surface area contributed by atoms with Crippen molar-refractivity contribution in [1.29, 1.82) is 0 Å². The van der Waals surface area contributed by atoms with Crippen LogP contribution in [0.4, 0.5) is 11.4 Å². The van der Waals surface area contributed by atoms with E-state index in [-0.39, 0.29) is 11.8 Å². The molecule has 1 saturated heterocycles. The summed E-state index contributed by atoms with van der Waals surface area (Å²) in [5, 5.41) is 3.90. The SMILES string of the molecule is CCC(=O)N1CCN(c2ccc(NC(=O)/C=C/c3ccc(-c4ccc(Cl)cc4Cl)o3)cc2)CC1. The molecule has 0 spiro atoms. The average molecular weight is 498 g/mol. The third-order valence-electron chi connectivity index (χ3n) is 5.66. The number of benzene rings is 2. The molecular weight excluding hydrogens is 473 g/mol. The molecule has 2 heterocycles. The van der Waals surface area contributed by atoms with Crippen molar-refractivity contribution in [3.8, 4) is 11.3 Å². The van der Waals surface area contributed by atoms with Crippen LogP contribution in [0.25, 0.3) is 17.4 Å². The molecule has 34 heavy (non-hydrogen) atoms. The van der Waals surface area contributed by atoms with Crippen LogP contribution in [0.5, 0.6) is 0 Å². The van der Waals surface area contributed by atoms with E-state index in [0.29, 0.717) is 33.7 Å². The van der Waals surface area contributed by atoms with Gasteiger partial charge in [-0.15, -0.1) is 0 Å². The lowest BCUT2D eigenvalue weighted by molar-refractivity contribution is -0.131. The molecule has 2 amide bonds. The summed E-state index contributed by atoms with van der Waals surface area (Å²) in [6, 6.07) is 16.5. The molecule has 0 saturated carbocycles. The summed E-state index contributed by atoms with van der Waals surface area (Å²) in [5.74, 6) is 1.07. The van der Waals surface area contributed by atoms with Crippen LogP contribution in [0, 0.1) is 0 Å². The topological polar surface area (TPSA) is 65.8 Å². The highest BCUT2D eigenvalue weighted by Crippen LogP contribution is 2.31. The lowest BCUT2D eigenvalue weighted by Gasteiger charge is -2.36. The van der Waals surface area contributed by atoms with E-state index >= 15 is 0 Å². The van der Waals surface area contributed by atoms with Gasteiger partial charge in [-0.1, -0.05) is 30.1 Å². The molecule has 1 aliphatic heterocycles. The average Bonchev–Trinajstić information content (AvgIpc) is 3.31. The Labute approximate surface area is 208 Å². The molecule has 1 aromatic heterocycles. The predicted octanol–water partition coefficient (Wildman–Crippen LogP) is 5.96. The zero-order valence-electron chi connectivity index (χ0n) is 18.8. The maximum atomic E-state index is 12.3. The molecular formula is C26H25Cl2N3O3. The third-order valence-corrected chi connectivity index (χ3v) is 6.20. The molecule has 176 valence electrons. The van der Waals surface area contributed by atoms with Gasteiger partial charge in [-0.2, -0.15) is 0 Å². The largest absolute Gasteiger partial charge is 0.457 e. The number of piperazine rings is 1. The normalized spacial score (nSPS) is 14.0. The first-order chi connectivity index (χ1) is 16.4. The Kier molecular flexibility index (Phi) is 7.60. The van der Waals surface area contributed by atoms with Gasteiger partial charge in [0.05, 0.1) is 5.02 Å². The van der Waals surface area contributed by atoms with Crippen molar-refractivity contribution in [3.05, 3.63) is 76.5 Å². The number of anilines is 2. The van der Waals surface area contributed by atoms with E-state index in [4.69, 9.17) is 27.6 Å². The second-order valence-corrected chi connectivity index (χ2v) is 8.76. The molecule has 0 atom stereocenters. The van der Waals surface area contributed by atoms with Gasteiger partial charge in [-0.25, -0.2) is 0 Å². The number of nitrogens with zero attached hydrogens (tertiary/aromatic N) is 2. The van der Waals surface area contributed by atoms with Gasteiger partial charge in [0.15, 0.2) is 0 Å². The Bertz CT molecular complexity index is 1200. The molecule has 8 heteroatoms. The van der Waals surface area contributed by atoms with E-state index in [2.05, 4.69) is 10.2 Å².